The van der Waals surface area contributed by atoms with E-state index in [1.165, 1.54) is 18.6 Å². The molecule has 2 rings (SSSR count). The first-order valence-electron chi connectivity index (χ1n) is 6.30. The molecular weight excluding hydrogens is 269 g/mol. The molecule has 1 heterocycles. The second kappa shape index (κ2) is 5.81. The van der Waals surface area contributed by atoms with Gasteiger partial charge in [0.25, 0.3) is 0 Å². The Bertz CT molecular complexity index is 418. The quantitative estimate of drug-likeness (QED) is 0.901. The summed E-state index contributed by atoms with van der Waals surface area (Å²) in [5.74, 6) is 0.900. The molecule has 1 aromatic carbocycles. The Morgan fingerprint density at radius 2 is 2.33 bits per heavy atom. The van der Waals surface area contributed by atoms with Crippen LogP contribution in [0, 0.1) is 5.82 Å². The number of benzene rings is 1. The summed E-state index contributed by atoms with van der Waals surface area (Å²) >= 11 is 7.73. The zero-order valence-corrected chi connectivity index (χ0v) is 12.4. The highest BCUT2D eigenvalue weighted by Crippen LogP contribution is 2.41. The van der Waals surface area contributed by atoms with E-state index in [0.717, 1.165) is 12.0 Å². The minimum absolute atomic E-state index is 0.196. The zero-order valence-electron chi connectivity index (χ0n) is 10.8. The van der Waals surface area contributed by atoms with Crippen LogP contribution in [0.25, 0.3) is 0 Å². The molecule has 1 nitrogen and oxygen atoms in total. The Kier molecular flexibility index (Phi) is 4.57. The monoisotopic (exact) mass is 287 g/mol. The Morgan fingerprint density at radius 3 is 2.89 bits per heavy atom. The lowest BCUT2D eigenvalue weighted by Crippen LogP contribution is -2.45. The van der Waals surface area contributed by atoms with Gasteiger partial charge in [0.2, 0.25) is 0 Å². The molecule has 0 aromatic heterocycles. The first kappa shape index (κ1) is 14.2. The van der Waals surface area contributed by atoms with Crippen molar-refractivity contribution < 1.29 is 4.39 Å². The Morgan fingerprint density at radius 1 is 1.56 bits per heavy atom. The van der Waals surface area contributed by atoms with Crippen molar-refractivity contribution in [2.24, 2.45) is 0 Å². The summed E-state index contributed by atoms with van der Waals surface area (Å²) in [7, 11) is 1.99. The molecule has 0 spiro atoms. The zero-order chi connectivity index (χ0) is 13.2. The number of rotatable bonds is 4. The molecule has 1 aromatic rings. The van der Waals surface area contributed by atoms with Crippen molar-refractivity contribution in [2.45, 2.75) is 37.0 Å². The normalized spacial score (nSPS) is 25.3. The van der Waals surface area contributed by atoms with Crippen LogP contribution in [0.5, 0.6) is 0 Å². The molecule has 0 aliphatic carbocycles. The maximum absolute atomic E-state index is 13.4. The largest absolute Gasteiger partial charge is 0.315 e. The maximum Gasteiger partial charge on any atom is 0.142 e. The van der Waals surface area contributed by atoms with Crippen molar-refractivity contribution in [1.82, 2.24) is 5.32 Å². The van der Waals surface area contributed by atoms with Gasteiger partial charge in [0, 0.05) is 10.8 Å². The van der Waals surface area contributed by atoms with Gasteiger partial charge in [-0.3, -0.25) is 0 Å². The molecule has 2 atom stereocenters. The summed E-state index contributed by atoms with van der Waals surface area (Å²) in [6.07, 6.45) is 3.33. The first-order chi connectivity index (χ1) is 8.55. The van der Waals surface area contributed by atoms with Gasteiger partial charge in [0.1, 0.15) is 5.82 Å². The van der Waals surface area contributed by atoms with Crippen LogP contribution in [0.4, 0.5) is 4.39 Å². The fourth-order valence-electron chi connectivity index (χ4n) is 2.60. The molecule has 100 valence electrons. The minimum atomic E-state index is -0.326. The second-order valence-corrected chi connectivity index (χ2v) is 7.10. The van der Waals surface area contributed by atoms with Crippen LogP contribution in [0.1, 0.15) is 25.3 Å². The van der Waals surface area contributed by atoms with E-state index < -0.39 is 0 Å². The topological polar surface area (TPSA) is 12.0 Å². The van der Waals surface area contributed by atoms with E-state index in [1.54, 1.807) is 12.1 Å². The van der Waals surface area contributed by atoms with Gasteiger partial charge in [-0.1, -0.05) is 17.7 Å². The van der Waals surface area contributed by atoms with Crippen LogP contribution in [-0.2, 0) is 6.42 Å². The predicted octanol–water partition coefficient (Wildman–Crippen LogP) is 3.90. The fraction of sp³-hybridized carbons (Fsp3) is 0.571. The average molecular weight is 288 g/mol. The van der Waals surface area contributed by atoms with Crippen molar-refractivity contribution in [3.8, 4) is 0 Å². The van der Waals surface area contributed by atoms with Crippen LogP contribution in [-0.4, -0.2) is 23.6 Å². The van der Waals surface area contributed by atoms with E-state index in [4.69, 9.17) is 11.6 Å². The van der Waals surface area contributed by atoms with Crippen LogP contribution in [0.2, 0.25) is 5.02 Å². The van der Waals surface area contributed by atoms with Gasteiger partial charge in [-0.25, -0.2) is 4.39 Å². The summed E-state index contributed by atoms with van der Waals surface area (Å²) < 4.78 is 13.7. The van der Waals surface area contributed by atoms with E-state index in [0.29, 0.717) is 6.04 Å². The van der Waals surface area contributed by atoms with E-state index in [1.807, 2.05) is 24.9 Å². The van der Waals surface area contributed by atoms with Gasteiger partial charge < -0.3 is 5.32 Å². The molecule has 0 radical (unpaired) electrons. The fourth-order valence-corrected chi connectivity index (χ4v) is 4.16. The SMILES string of the molecule is CNC(Cc1ccc(Cl)c(F)c1)C1(C)CCCS1. The summed E-state index contributed by atoms with van der Waals surface area (Å²) in [6, 6.07) is 5.47. The molecule has 1 aliphatic heterocycles. The number of likely N-dealkylation sites (N-methyl/N-ethyl adjacent to an activating group) is 1. The Balaban J connectivity index is 2.12. The summed E-state index contributed by atoms with van der Waals surface area (Å²) in [6.45, 7) is 2.30. The van der Waals surface area contributed by atoms with Gasteiger partial charge in [-0.05, 0) is 56.7 Å². The smallest absolute Gasteiger partial charge is 0.142 e. The van der Waals surface area contributed by atoms with Gasteiger partial charge in [0.05, 0.1) is 5.02 Å². The third kappa shape index (κ3) is 3.01. The summed E-state index contributed by atoms with van der Waals surface area (Å²) in [5, 5.41) is 3.59. The Labute approximate surface area is 117 Å². The van der Waals surface area contributed by atoms with Gasteiger partial charge >= 0.3 is 0 Å². The molecule has 4 heteroatoms. The Hall–Kier alpha value is -0.250. The van der Waals surface area contributed by atoms with Crippen molar-refractivity contribution in [3.05, 3.63) is 34.6 Å². The second-order valence-electron chi connectivity index (χ2n) is 5.06. The summed E-state index contributed by atoms with van der Waals surface area (Å²) in [4.78, 5) is 0. The third-order valence-corrected chi connectivity index (χ3v) is 5.71. The number of hydrogen-bond acceptors (Lipinski definition) is 2. The van der Waals surface area contributed by atoms with Gasteiger partial charge in [-0.2, -0.15) is 11.8 Å². The average Bonchev–Trinajstić information content (AvgIpc) is 2.78. The minimum Gasteiger partial charge on any atom is -0.315 e. The highest BCUT2D eigenvalue weighted by atomic mass is 35.5. The van der Waals surface area contributed by atoms with Gasteiger partial charge in [-0.15, -0.1) is 0 Å². The number of nitrogens with one attached hydrogen (secondary N) is 1. The molecule has 1 saturated heterocycles. The molecule has 1 N–H and O–H groups in total. The molecule has 0 saturated carbocycles. The van der Waals surface area contributed by atoms with Crippen molar-refractivity contribution in [3.63, 3.8) is 0 Å². The van der Waals surface area contributed by atoms with E-state index >= 15 is 0 Å². The van der Waals surface area contributed by atoms with Crippen molar-refractivity contribution in [1.29, 1.82) is 0 Å². The van der Waals surface area contributed by atoms with Crippen LogP contribution in [0.3, 0.4) is 0 Å². The number of thioether (sulfide) groups is 1. The highest BCUT2D eigenvalue weighted by Gasteiger charge is 2.36. The first-order valence-corrected chi connectivity index (χ1v) is 7.67. The van der Waals surface area contributed by atoms with Crippen LogP contribution >= 0.6 is 23.4 Å². The van der Waals surface area contributed by atoms with Crippen LogP contribution < -0.4 is 5.32 Å². The molecule has 18 heavy (non-hydrogen) atoms. The number of halogens is 2. The lowest BCUT2D eigenvalue weighted by molar-refractivity contribution is 0.423. The number of hydrogen-bond donors (Lipinski definition) is 1. The summed E-state index contributed by atoms with van der Waals surface area (Å²) in [5.41, 5.74) is 1.00. The van der Waals surface area contributed by atoms with Crippen molar-refractivity contribution in [2.75, 3.05) is 12.8 Å². The molecule has 1 fully saturated rings. The lowest BCUT2D eigenvalue weighted by atomic mass is 9.91. The van der Waals surface area contributed by atoms with Crippen LogP contribution in [0.15, 0.2) is 18.2 Å². The standard InChI is InChI=1S/C14H19ClFNS/c1-14(6-3-7-18-14)13(17-2)9-10-4-5-11(15)12(16)8-10/h4-5,8,13,17H,3,6-7,9H2,1-2H3. The van der Waals surface area contributed by atoms with E-state index in [9.17, 15) is 4.39 Å². The molecule has 2 unspecified atom stereocenters. The lowest BCUT2D eigenvalue weighted by Gasteiger charge is -2.33. The molecule has 0 bridgehead atoms. The third-order valence-electron chi connectivity index (χ3n) is 3.76. The highest BCUT2D eigenvalue weighted by molar-refractivity contribution is 8.00. The van der Waals surface area contributed by atoms with Gasteiger partial charge in [0.15, 0.2) is 0 Å². The maximum atomic E-state index is 13.4. The molecular formula is C14H19ClFNS. The van der Waals surface area contributed by atoms with Crippen molar-refractivity contribution >= 4 is 23.4 Å². The molecule has 1 aliphatic rings. The molecule has 0 amide bonds. The van der Waals surface area contributed by atoms with E-state index in [2.05, 4.69) is 12.2 Å². The van der Waals surface area contributed by atoms with E-state index in [-0.39, 0.29) is 15.6 Å². The predicted molar refractivity (Wildman–Crippen MR) is 78.1 cm³/mol.